The summed E-state index contributed by atoms with van der Waals surface area (Å²) in [7, 11) is 0. The number of nitrogens with zero attached hydrogens (tertiary/aromatic N) is 1. The van der Waals surface area contributed by atoms with Crippen LogP contribution in [0, 0.1) is 0 Å². The first-order valence-electron chi connectivity index (χ1n) is 6.75. The minimum Gasteiger partial charge on any atom is -0.314 e. The van der Waals surface area contributed by atoms with Gasteiger partial charge in [0.15, 0.2) is 0 Å². The Hall–Kier alpha value is -0.860. The molecule has 1 heterocycles. The Morgan fingerprint density at radius 1 is 1.06 bits per heavy atom. The SMILES string of the molecule is CCc1ccc(CN2C(C)CNCC2C)cc1. The topological polar surface area (TPSA) is 15.3 Å². The predicted molar refractivity (Wildman–Crippen MR) is 73.2 cm³/mol. The largest absolute Gasteiger partial charge is 0.314 e. The summed E-state index contributed by atoms with van der Waals surface area (Å²) in [6.07, 6.45) is 1.13. The smallest absolute Gasteiger partial charge is 0.0240 e. The van der Waals surface area contributed by atoms with Crippen molar-refractivity contribution < 1.29 is 0 Å². The van der Waals surface area contributed by atoms with Gasteiger partial charge in [-0.05, 0) is 31.4 Å². The molecule has 1 aliphatic heterocycles. The number of nitrogens with one attached hydrogen (secondary N) is 1. The van der Waals surface area contributed by atoms with Crippen molar-refractivity contribution in [2.24, 2.45) is 0 Å². The third-order valence-electron chi connectivity index (χ3n) is 3.81. The summed E-state index contributed by atoms with van der Waals surface area (Å²) >= 11 is 0. The molecule has 0 spiro atoms. The molecule has 94 valence electrons. The third-order valence-corrected chi connectivity index (χ3v) is 3.81. The van der Waals surface area contributed by atoms with Crippen molar-refractivity contribution in [1.29, 1.82) is 0 Å². The van der Waals surface area contributed by atoms with Crippen LogP contribution < -0.4 is 5.32 Å². The summed E-state index contributed by atoms with van der Waals surface area (Å²) < 4.78 is 0. The molecule has 0 saturated carbocycles. The van der Waals surface area contributed by atoms with Gasteiger partial charge in [-0.25, -0.2) is 0 Å². The lowest BCUT2D eigenvalue weighted by Crippen LogP contribution is -2.54. The van der Waals surface area contributed by atoms with Crippen LogP contribution >= 0.6 is 0 Å². The van der Waals surface area contributed by atoms with Crippen LogP contribution in [-0.2, 0) is 13.0 Å². The Kier molecular flexibility index (Phi) is 4.19. The van der Waals surface area contributed by atoms with E-state index in [1.807, 2.05) is 0 Å². The fraction of sp³-hybridized carbons (Fsp3) is 0.600. The minimum atomic E-state index is 0.629. The Bertz CT molecular complexity index is 334. The zero-order valence-electron chi connectivity index (χ0n) is 11.2. The summed E-state index contributed by atoms with van der Waals surface area (Å²) in [4.78, 5) is 2.59. The van der Waals surface area contributed by atoms with Gasteiger partial charge in [0, 0.05) is 31.7 Å². The number of hydrogen-bond acceptors (Lipinski definition) is 2. The van der Waals surface area contributed by atoms with Crippen LogP contribution in [0.25, 0.3) is 0 Å². The van der Waals surface area contributed by atoms with E-state index in [2.05, 4.69) is 55.3 Å². The molecular formula is C15H24N2. The predicted octanol–water partition coefficient (Wildman–Crippen LogP) is 2.43. The van der Waals surface area contributed by atoms with Crippen molar-refractivity contribution in [3.8, 4) is 0 Å². The molecule has 0 bridgehead atoms. The molecule has 1 saturated heterocycles. The first-order valence-corrected chi connectivity index (χ1v) is 6.75. The standard InChI is InChI=1S/C15H24N2/c1-4-14-5-7-15(8-6-14)11-17-12(2)9-16-10-13(17)3/h5-8,12-13,16H,4,9-11H2,1-3H3. The van der Waals surface area contributed by atoms with Gasteiger partial charge in [0.05, 0.1) is 0 Å². The second kappa shape index (κ2) is 5.65. The summed E-state index contributed by atoms with van der Waals surface area (Å²) in [6.45, 7) is 10.1. The minimum absolute atomic E-state index is 0.629. The molecule has 17 heavy (non-hydrogen) atoms. The lowest BCUT2D eigenvalue weighted by Gasteiger charge is -2.39. The summed E-state index contributed by atoms with van der Waals surface area (Å²) in [5.74, 6) is 0. The molecule has 2 atom stereocenters. The second-order valence-corrected chi connectivity index (χ2v) is 5.20. The van der Waals surface area contributed by atoms with Crippen molar-refractivity contribution in [3.63, 3.8) is 0 Å². The molecule has 0 aliphatic carbocycles. The molecule has 0 radical (unpaired) electrons. The van der Waals surface area contributed by atoms with E-state index in [1.165, 1.54) is 11.1 Å². The Morgan fingerprint density at radius 2 is 1.59 bits per heavy atom. The molecule has 2 unspecified atom stereocenters. The third kappa shape index (κ3) is 3.08. The van der Waals surface area contributed by atoms with Gasteiger partial charge in [-0.3, -0.25) is 4.90 Å². The quantitative estimate of drug-likeness (QED) is 0.861. The van der Waals surface area contributed by atoms with E-state index in [0.29, 0.717) is 12.1 Å². The summed E-state index contributed by atoms with van der Waals surface area (Å²) in [5, 5.41) is 3.48. The van der Waals surface area contributed by atoms with Gasteiger partial charge in [-0.15, -0.1) is 0 Å². The monoisotopic (exact) mass is 232 g/mol. The number of rotatable bonds is 3. The van der Waals surface area contributed by atoms with Crippen LogP contribution in [0.15, 0.2) is 24.3 Å². The van der Waals surface area contributed by atoms with Gasteiger partial charge in [0.2, 0.25) is 0 Å². The van der Waals surface area contributed by atoms with Crippen molar-refractivity contribution in [2.45, 2.75) is 45.8 Å². The van der Waals surface area contributed by atoms with Crippen LogP contribution in [0.3, 0.4) is 0 Å². The summed E-state index contributed by atoms with van der Waals surface area (Å²) in [6, 6.07) is 10.3. The van der Waals surface area contributed by atoms with Gasteiger partial charge < -0.3 is 5.32 Å². The Balaban J connectivity index is 2.03. The fourth-order valence-corrected chi connectivity index (χ4v) is 2.57. The van der Waals surface area contributed by atoms with Gasteiger partial charge in [-0.1, -0.05) is 31.2 Å². The Morgan fingerprint density at radius 3 is 2.12 bits per heavy atom. The molecule has 0 aromatic heterocycles. The van der Waals surface area contributed by atoms with E-state index in [9.17, 15) is 0 Å². The highest BCUT2D eigenvalue weighted by atomic mass is 15.2. The van der Waals surface area contributed by atoms with Crippen LogP contribution in [0.2, 0.25) is 0 Å². The molecule has 1 N–H and O–H groups in total. The van der Waals surface area contributed by atoms with Crippen LogP contribution in [-0.4, -0.2) is 30.1 Å². The highest BCUT2D eigenvalue weighted by Crippen LogP contribution is 2.15. The number of hydrogen-bond donors (Lipinski definition) is 1. The van der Waals surface area contributed by atoms with Gasteiger partial charge in [0.25, 0.3) is 0 Å². The van der Waals surface area contributed by atoms with Crippen molar-refractivity contribution in [1.82, 2.24) is 10.2 Å². The lowest BCUT2D eigenvalue weighted by atomic mass is 10.1. The maximum atomic E-state index is 3.48. The molecule has 0 amide bonds. The van der Waals surface area contributed by atoms with Crippen molar-refractivity contribution >= 4 is 0 Å². The molecule has 1 aromatic rings. The van der Waals surface area contributed by atoms with Crippen LogP contribution in [0.1, 0.15) is 31.9 Å². The second-order valence-electron chi connectivity index (χ2n) is 5.20. The van der Waals surface area contributed by atoms with Crippen molar-refractivity contribution in [3.05, 3.63) is 35.4 Å². The zero-order valence-corrected chi connectivity index (χ0v) is 11.2. The van der Waals surface area contributed by atoms with E-state index < -0.39 is 0 Å². The average Bonchev–Trinajstić information content (AvgIpc) is 2.35. The fourth-order valence-electron chi connectivity index (χ4n) is 2.57. The highest BCUT2D eigenvalue weighted by Gasteiger charge is 2.23. The lowest BCUT2D eigenvalue weighted by molar-refractivity contribution is 0.109. The van der Waals surface area contributed by atoms with E-state index >= 15 is 0 Å². The van der Waals surface area contributed by atoms with Crippen LogP contribution in [0.5, 0.6) is 0 Å². The number of piperazine rings is 1. The number of benzene rings is 1. The molecule has 2 nitrogen and oxygen atoms in total. The molecule has 2 heteroatoms. The first kappa shape index (κ1) is 12.6. The zero-order chi connectivity index (χ0) is 12.3. The highest BCUT2D eigenvalue weighted by molar-refractivity contribution is 5.22. The normalized spacial score (nSPS) is 26.1. The molecule has 2 rings (SSSR count). The van der Waals surface area contributed by atoms with Gasteiger partial charge in [0.1, 0.15) is 0 Å². The number of aryl methyl sites for hydroxylation is 1. The van der Waals surface area contributed by atoms with Crippen LogP contribution in [0.4, 0.5) is 0 Å². The van der Waals surface area contributed by atoms with E-state index in [-0.39, 0.29) is 0 Å². The van der Waals surface area contributed by atoms with E-state index in [0.717, 1.165) is 26.1 Å². The van der Waals surface area contributed by atoms with Crippen molar-refractivity contribution in [2.75, 3.05) is 13.1 Å². The van der Waals surface area contributed by atoms with Gasteiger partial charge >= 0.3 is 0 Å². The average molecular weight is 232 g/mol. The molecule has 1 aliphatic rings. The molecule has 1 aromatic carbocycles. The maximum absolute atomic E-state index is 3.48. The molecule has 1 fully saturated rings. The van der Waals surface area contributed by atoms with E-state index in [1.54, 1.807) is 0 Å². The van der Waals surface area contributed by atoms with E-state index in [4.69, 9.17) is 0 Å². The summed E-state index contributed by atoms with van der Waals surface area (Å²) in [5.41, 5.74) is 2.86. The maximum Gasteiger partial charge on any atom is 0.0240 e. The first-order chi connectivity index (χ1) is 8.20. The Labute approximate surface area is 105 Å². The van der Waals surface area contributed by atoms with Gasteiger partial charge in [-0.2, -0.15) is 0 Å². The molecular weight excluding hydrogens is 208 g/mol.